The summed E-state index contributed by atoms with van der Waals surface area (Å²) < 4.78 is 18.9. The lowest BCUT2D eigenvalue weighted by molar-refractivity contribution is 0.590. The first-order valence-electron chi connectivity index (χ1n) is 18.4. The topological polar surface area (TPSA) is 25.2 Å². The van der Waals surface area contributed by atoms with E-state index in [0.29, 0.717) is 0 Å². The van der Waals surface area contributed by atoms with Crippen LogP contribution in [0.2, 0.25) is 0 Å². The molecule has 1 aromatic heterocycles. The molecule has 0 amide bonds. The lowest BCUT2D eigenvalue weighted by atomic mass is 9.63. The van der Waals surface area contributed by atoms with Crippen LogP contribution in [0.3, 0.4) is 0 Å². The molecular weight excluding hydrogens is 676 g/mol. The fraction of sp³-hybridized carbons (Fsp3) is 0.0400. The van der Waals surface area contributed by atoms with Crippen LogP contribution in [0.5, 0.6) is 0 Å². The molecule has 0 N–H and O–H groups in total. The molecule has 2 unspecified atom stereocenters. The second-order valence-corrected chi connectivity index (χ2v) is 16.8. The van der Waals surface area contributed by atoms with Crippen molar-refractivity contribution in [2.75, 3.05) is 4.90 Å². The number of allylic oxidation sites excluding steroid dienone is 1. The maximum absolute atomic E-state index is 16.5. The van der Waals surface area contributed by atoms with E-state index in [9.17, 15) is 0 Å². The normalized spacial score (nSPS) is 18.5. The maximum Gasteiger partial charge on any atom is 0.171 e. The van der Waals surface area contributed by atoms with Crippen LogP contribution in [-0.4, -0.2) is 4.57 Å². The average Bonchev–Trinajstić information content (AvgIpc) is 3.56. The van der Waals surface area contributed by atoms with E-state index < -0.39 is 12.6 Å². The van der Waals surface area contributed by atoms with Gasteiger partial charge in [0.15, 0.2) is 7.14 Å². The molecule has 4 heteroatoms. The van der Waals surface area contributed by atoms with Crippen LogP contribution >= 0.6 is 7.14 Å². The number of benzene rings is 7. The summed E-state index contributed by atoms with van der Waals surface area (Å²) in [7, 11) is -3.37. The Hall–Kier alpha value is -6.41. The van der Waals surface area contributed by atoms with Gasteiger partial charge in [-0.05, 0) is 83.8 Å². The summed E-state index contributed by atoms with van der Waals surface area (Å²) in [5.74, 6) is 0. The molecule has 258 valence electrons. The van der Waals surface area contributed by atoms with Gasteiger partial charge in [-0.1, -0.05) is 146 Å². The monoisotopic (exact) mass is 712 g/mol. The van der Waals surface area contributed by atoms with Crippen LogP contribution in [0, 0.1) is 0 Å². The summed E-state index contributed by atoms with van der Waals surface area (Å²) in [4.78, 5) is 2.31. The molecule has 3 heterocycles. The van der Waals surface area contributed by atoms with Gasteiger partial charge < -0.3 is 14.0 Å². The Kier molecular flexibility index (Phi) is 7.37. The first-order valence-corrected chi connectivity index (χ1v) is 20.1. The summed E-state index contributed by atoms with van der Waals surface area (Å²) in [6, 6.07) is 63.7. The fourth-order valence-corrected chi connectivity index (χ4v) is 12.5. The lowest BCUT2D eigenvalue weighted by Crippen LogP contribution is -2.52. The molecule has 2 aliphatic rings. The van der Waals surface area contributed by atoms with E-state index in [1.165, 1.54) is 11.0 Å². The van der Waals surface area contributed by atoms with E-state index in [1.807, 2.05) is 42.5 Å². The number of aromatic nitrogens is 1. The highest BCUT2D eigenvalue weighted by atomic mass is 31.2. The molecule has 2 atom stereocenters. The van der Waals surface area contributed by atoms with Crippen molar-refractivity contribution < 1.29 is 4.57 Å². The van der Waals surface area contributed by atoms with Crippen molar-refractivity contribution in [1.29, 1.82) is 0 Å². The van der Waals surface area contributed by atoms with Gasteiger partial charge in [0.05, 0.1) is 22.0 Å². The third kappa shape index (κ3) is 4.34. The van der Waals surface area contributed by atoms with Crippen molar-refractivity contribution in [2.24, 2.45) is 0 Å². The van der Waals surface area contributed by atoms with E-state index in [0.717, 1.165) is 71.4 Å². The number of anilines is 3. The minimum atomic E-state index is -3.37. The SMILES string of the molecule is C=C/C=c1\c2n(c3ccccc13)-c1ccccc1C1(C=2C)c2ccccc2P(=O)(c2ccccc2)c2ccc(N(c3ccccc3)c3ccccc3)cc21. The lowest BCUT2D eigenvalue weighted by Gasteiger charge is -2.47. The van der Waals surface area contributed by atoms with Gasteiger partial charge in [0.2, 0.25) is 0 Å². The van der Waals surface area contributed by atoms with Crippen LogP contribution in [0.15, 0.2) is 195 Å². The number of fused-ring (bicyclic) bond motifs is 10. The second-order valence-electron chi connectivity index (χ2n) is 14.1. The molecular formula is C50H37N2OP. The number of nitrogens with zero attached hydrogens (tertiary/aromatic N) is 2. The minimum Gasteiger partial charge on any atom is -0.310 e. The van der Waals surface area contributed by atoms with Crippen LogP contribution in [0.1, 0.15) is 23.6 Å². The number of hydrogen-bond acceptors (Lipinski definition) is 2. The highest BCUT2D eigenvalue weighted by Gasteiger charge is 2.53. The zero-order chi connectivity index (χ0) is 36.4. The van der Waals surface area contributed by atoms with Gasteiger partial charge in [0.1, 0.15) is 0 Å². The van der Waals surface area contributed by atoms with E-state index in [1.54, 1.807) is 0 Å². The molecule has 0 radical (unpaired) electrons. The average molecular weight is 713 g/mol. The van der Waals surface area contributed by atoms with Crippen LogP contribution in [0.4, 0.5) is 17.1 Å². The Morgan fingerprint density at radius 1 is 0.593 bits per heavy atom. The Balaban J connectivity index is 1.43. The summed E-state index contributed by atoms with van der Waals surface area (Å²) in [6.45, 7) is 6.45. The van der Waals surface area contributed by atoms with Crippen LogP contribution in [0.25, 0.3) is 28.2 Å². The Bertz CT molecular complexity index is 2910. The zero-order valence-corrected chi connectivity index (χ0v) is 30.8. The standard InChI is InChI=1S/C50H37N2OP/c1-3-19-41-40-26-13-16-29-45(40)52-46-30-17-14-27-42(46)50(35(2)49(41)52)43-28-15-18-31-47(43)54(53,39-24-11-6-12-25-39)48-33-32-38(34-44(48)50)51(36-20-7-4-8-21-36)37-22-9-5-10-23-37/h3-34H,1H2,2H3/b41-19-. The third-order valence-corrected chi connectivity index (χ3v) is 14.6. The highest BCUT2D eigenvalue weighted by molar-refractivity contribution is 7.85. The Labute approximate surface area is 315 Å². The van der Waals surface area contributed by atoms with Crippen molar-refractivity contribution in [3.8, 4) is 5.69 Å². The summed E-state index contributed by atoms with van der Waals surface area (Å²) in [5.41, 5.74) is 9.01. The minimum absolute atomic E-state index is 0.783. The van der Waals surface area contributed by atoms with Gasteiger partial charge in [-0.15, -0.1) is 0 Å². The van der Waals surface area contributed by atoms with Crippen molar-refractivity contribution >= 4 is 62.7 Å². The second kappa shape index (κ2) is 12.3. The number of hydrogen-bond donors (Lipinski definition) is 0. The van der Waals surface area contributed by atoms with Gasteiger partial charge in [0, 0.05) is 43.6 Å². The van der Waals surface area contributed by atoms with E-state index in [4.69, 9.17) is 0 Å². The molecule has 0 saturated carbocycles. The van der Waals surface area contributed by atoms with Gasteiger partial charge >= 0.3 is 0 Å². The maximum atomic E-state index is 16.5. The molecule has 0 bridgehead atoms. The van der Waals surface area contributed by atoms with Crippen molar-refractivity contribution in [3.05, 3.63) is 222 Å². The quantitative estimate of drug-likeness (QED) is 0.166. The van der Waals surface area contributed by atoms with E-state index >= 15 is 4.57 Å². The van der Waals surface area contributed by atoms with Crippen molar-refractivity contribution in [3.63, 3.8) is 0 Å². The number of para-hydroxylation sites is 4. The largest absolute Gasteiger partial charge is 0.310 e. The first-order chi connectivity index (χ1) is 26.6. The Morgan fingerprint density at radius 3 is 1.87 bits per heavy atom. The molecule has 8 aromatic rings. The van der Waals surface area contributed by atoms with Crippen LogP contribution < -0.4 is 31.4 Å². The summed E-state index contributed by atoms with van der Waals surface area (Å²) in [6.07, 6.45) is 4.04. The highest BCUT2D eigenvalue weighted by Crippen LogP contribution is 2.59. The van der Waals surface area contributed by atoms with E-state index in [-0.39, 0.29) is 0 Å². The first kappa shape index (κ1) is 32.3. The molecule has 3 nitrogen and oxygen atoms in total. The fourth-order valence-electron chi connectivity index (χ4n) is 9.33. The smallest absolute Gasteiger partial charge is 0.171 e. The summed E-state index contributed by atoms with van der Waals surface area (Å²) in [5, 5.41) is 6.03. The summed E-state index contributed by atoms with van der Waals surface area (Å²) >= 11 is 0. The molecule has 2 aliphatic heterocycles. The predicted molar refractivity (Wildman–Crippen MR) is 227 cm³/mol. The van der Waals surface area contributed by atoms with E-state index in [2.05, 4.69) is 175 Å². The molecule has 0 fully saturated rings. The third-order valence-electron chi connectivity index (χ3n) is 11.4. The van der Waals surface area contributed by atoms with Gasteiger partial charge in [-0.25, -0.2) is 0 Å². The molecule has 54 heavy (non-hydrogen) atoms. The molecule has 7 aromatic carbocycles. The predicted octanol–water partition coefficient (Wildman–Crippen LogP) is 9.54. The van der Waals surface area contributed by atoms with Crippen molar-refractivity contribution in [1.82, 2.24) is 4.57 Å². The van der Waals surface area contributed by atoms with Gasteiger partial charge in [-0.3, -0.25) is 0 Å². The van der Waals surface area contributed by atoms with Crippen molar-refractivity contribution in [2.45, 2.75) is 12.3 Å². The molecule has 10 rings (SSSR count). The van der Waals surface area contributed by atoms with Gasteiger partial charge in [-0.2, -0.15) is 0 Å². The molecule has 0 saturated heterocycles. The molecule has 0 aliphatic carbocycles. The zero-order valence-electron chi connectivity index (χ0n) is 29.9. The molecule has 1 spiro atoms. The number of rotatable bonds is 5. The van der Waals surface area contributed by atoms with Gasteiger partial charge in [0.25, 0.3) is 0 Å². The Morgan fingerprint density at radius 2 is 1.17 bits per heavy atom. The van der Waals surface area contributed by atoms with Crippen LogP contribution in [-0.2, 0) is 9.98 Å².